The van der Waals surface area contributed by atoms with Crippen LogP contribution in [-0.2, 0) is 4.79 Å². The minimum atomic E-state index is -0.656. The number of aliphatic carboxylic acids is 1. The molecule has 0 aliphatic carbocycles. The van der Waals surface area contributed by atoms with E-state index in [9.17, 15) is 4.79 Å². The summed E-state index contributed by atoms with van der Waals surface area (Å²) in [6.07, 6.45) is 21.3. The molecule has 0 saturated heterocycles. The van der Waals surface area contributed by atoms with E-state index in [1.165, 1.54) is 70.6 Å². The van der Waals surface area contributed by atoms with Crippen LogP contribution in [0.5, 0.6) is 0 Å². The largest absolute Gasteiger partial charge is 0.481 e. The van der Waals surface area contributed by atoms with E-state index in [2.05, 4.69) is 26.0 Å². The fourth-order valence-corrected chi connectivity index (χ4v) is 2.85. The molecule has 0 saturated carbocycles. The number of carboxylic acid groups (broad SMARTS) is 1. The lowest BCUT2D eigenvalue weighted by molar-refractivity contribution is -0.137. The standard InChI is InChI=1S/C20H38O2/c1-3-5-6-7-8-9-10-11-12-13-14-15-16-19(4-2)17-18-20(21)22/h11-12,19H,3-10,13-18H2,1-2H3,(H,21,22)/b12-11-. The van der Waals surface area contributed by atoms with E-state index in [4.69, 9.17) is 5.11 Å². The molecule has 0 spiro atoms. The van der Waals surface area contributed by atoms with Crippen molar-refractivity contribution in [3.05, 3.63) is 12.2 Å². The summed E-state index contributed by atoms with van der Waals surface area (Å²) in [4.78, 5) is 10.6. The van der Waals surface area contributed by atoms with Crippen molar-refractivity contribution in [2.75, 3.05) is 0 Å². The van der Waals surface area contributed by atoms with Gasteiger partial charge in [-0.3, -0.25) is 4.79 Å². The predicted octanol–water partition coefficient (Wildman–Crippen LogP) is 6.74. The van der Waals surface area contributed by atoms with E-state index >= 15 is 0 Å². The first-order valence-electron chi connectivity index (χ1n) is 9.57. The molecule has 130 valence electrons. The smallest absolute Gasteiger partial charge is 0.303 e. The van der Waals surface area contributed by atoms with Gasteiger partial charge in [0.25, 0.3) is 0 Å². The Balaban J connectivity index is 3.36. The molecule has 22 heavy (non-hydrogen) atoms. The van der Waals surface area contributed by atoms with Crippen molar-refractivity contribution in [1.82, 2.24) is 0 Å². The lowest BCUT2D eigenvalue weighted by Gasteiger charge is -2.12. The molecule has 2 nitrogen and oxygen atoms in total. The van der Waals surface area contributed by atoms with Gasteiger partial charge in [0.05, 0.1) is 0 Å². The molecule has 0 aromatic rings. The Kier molecular flexibility index (Phi) is 16.0. The molecule has 0 rings (SSSR count). The molecule has 0 aromatic heterocycles. The number of hydrogen-bond acceptors (Lipinski definition) is 1. The molecule has 0 aliphatic heterocycles. The SMILES string of the molecule is CCCCCCCC/C=C\CCCCC(CC)CCC(=O)O. The van der Waals surface area contributed by atoms with E-state index < -0.39 is 5.97 Å². The molecular weight excluding hydrogens is 272 g/mol. The quantitative estimate of drug-likeness (QED) is 0.253. The Hall–Kier alpha value is -0.790. The number of rotatable bonds is 16. The average molecular weight is 311 g/mol. The van der Waals surface area contributed by atoms with Gasteiger partial charge in [0.1, 0.15) is 0 Å². The van der Waals surface area contributed by atoms with Crippen LogP contribution in [0.2, 0.25) is 0 Å². The fraction of sp³-hybridized carbons (Fsp3) is 0.850. The second kappa shape index (κ2) is 16.6. The summed E-state index contributed by atoms with van der Waals surface area (Å²) < 4.78 is 0. The van der Waals surface area contributed by atoms with Crippen LogP contribution in [0.4, 0.5) is 0 Å². The number of allylic oxidation sites excluding steroid dienone is 2. The number of hydrogen-bond donors (Lipinski definition) is 1. The molecule has 2 heteroatoms. The minimum absolute atomic E-state index is 0.330. The van der Waals surface area contributed by atoms with Gasteiger partial charge in [0.15, 0.2) is 0 Å². The summed E-state index contributed by atoms with van der Waals surface area (Å²) in [7, 11) is 0. The van der Waals surface area contributed by atoms with Crippen LogP contribution in [0.15, 0.2) is 12.2 Å². The summed E-state index contributed by atoms with van der Waals surface area (Å²) in [5, 5.41) is 8.72. The third-order valence-corrected chi connectivity index (χ3v) is 4.47. The Morgan fingerprint density at radius 3 is 2.05 bits per heavy atom. The Morgan fingerprint density at radius 2 is 1.45 bits per heavy atom. The zero-order valence-corrected chi connectivity index (χ0v) is 15.0. The summed E-state index contributed by atoms with van der Waals surface area (Å²) in [6, 6.07) is 0. The van der Waals surface area contributed by atoms with Crippen molar-refractivity contribution in [3.8, 4) is 0 Å². The monoisotopic (exact) mass is 310 g/mol. The molecular formula is C20H38O2. The lowest BCUT2D eigenvalue weighted by Crippen LogP contribution is -2.03. The summed E-state index contributed by atoms with van der Waals surface area (Å²) >= 11 is 0. The normalized spacial score (nSPS) is 12.8. The van der Waals surface area contributed by atoms with Gasteiger partial charge in [-0.25, -0.2) is 0 Å². The van der Waals surface area contributed by atoms with Crippen LogP contribution in [0, 0.1) is 5.92 Å². The zero-order chi connectivity index (χ0) is 16.5. The molecule has 0 amide bonds. The second-order valence-corrected chi connectivity index (χ2v) is 6.52. The first-order valence-corrected chi connectivity index (χ1v) is 9.57. The molecule has 0 aromatic carbocycles. The highest BCUT2D eigenvalue weighted by molar-refractivity contribution is 5.66. The van der Waals surface area contributed by atoms with Crippen molar-refractivity contribution < 1.29 is 9.90 Å². The first kappa shape index (κ1) is 21.2. The molecule has 0 heterocycles. The molecule has 1 unspecified atom stereocenters. The molecule has 1 atom stereocenters. The van der Waals surface area contributed by atoms with Gasteiger partial charge in [-0.1, -0.05) is 77.4 Å². The highest BCUT2D eigenvalue weighted by Crippen LogP contribution is 2.19. The van der Waals surface area contributed by atoms with Gasteiger partial charge >= 0.3 is 5.97 Å². The summed E-state index contributed by atoms with van der Waals surface area (Å²) in [5.41, 5.74) is 0. The zero-order valence-electron chi connectivity index (χ0n) is 15.0. The minimum Gasteiger partial charge on any atom is -0.481 e. The maximum absolute atomic E-state index is 10.6. The highest BCUT2D eigenvalue weighted by atomic mass is 16.4. The lowest BCUT2D eigenvalue weighted by atomic mass is 9.94. The van der Waals surface area contributed by atoms with Gasteiger partial charge in [0.2, 0.25) is 0 Å². The van der Waals surface area contributed by atoms with Crippen LogP contribution in [0.25, 0.3) is 0 Å². The topological polar surface area (TPSA) is 37.3 Å². The number of carboxylic acids is 1. The highest BCUT2D eigenvalue weighted by Gasteiger charge is 2.08. The van der Waals surface area contributed by atoms with E-state index in [1.807, 2.05) is 0 Å². The van der Waals surface area contributed by atoms with Crippen LogP contribution in [0.1, 0.15) is 104 Å². The molecule has 0 aliphatic rings. The number of carbonyl (C=O) groups is 1. The third-order valence-electron chi connectivity index (χ3n) is 4.47. The van der Waals surface area contributed by atoms with Crippen molar-refractivity contribution in [1.29, 1.82) is 0 Å². The Morgan fingerprint density at radius 1 is 0.864 bits per heavy atom. The van der Waals surface area contributed by atoms with Gasteiger partial charge in [-0.15, -0.1) is 0 Å². The van der Waals surface area contributed by atoms with E-state index in [1.54, 1.807) is 0 Å². The second-order valence-electron chi connectivity index (χ2n) is 6.52. The van der Waals surface area contributed by atoms with Gasteiger partial charge in [-0.2, -0.15) is 0 Å². The van der Waals surface area contributed by atoms with Crippen LogP contribution >= 0.6 is 0 Å². The van der Waals surface area contributed by atoms with Gasteiger partial charge in [-0.05, 0) is 38.0 Å². The Bertz CT molecular complexity index is 271. The van der Waals surface area contributed by atoms with E-state index in [0.717, 1.165) is 12.8 Å². The van der Waals surface area contributed by atoms with E-state index in [0.29, 0.717) is 12.3 Å². The average Bonchev–Trinajstić information content (AvgIpc) is 2.51. The summed E-state index contributed by atoms with van der Waals surface area (Å²) in [6.45, 7) is 4.44. The first-order chi connectivity index (χ1) is 10.7. The van der Waals surface area contributed by atoms with Crippen molar-refractivity contribution >= 4 is 5.97 Å². The maximum atomic E-state index is 10.6. The van der Waals surface area contributed by atoms with Crippen LogP contribution < -0.4 is 0 Å². The van der Waals surface area contributed by atoms with Gasteiger partial charge in [0, 0.05) is 6.42 Å². The van der Waals surface area contributed by atoms with Crippen LogP contribution in [-0.4, -0.2) is 11.1 Å². The van der Waals surface area contributed by atoms with E-state index in [-0.39, 0.29) is 0 Å². The fourth-order valence-electron chi connectivity index (χ4n) is 2.85. The maximum Gasteiger partial charge on any atom is 0.303 e. The molecule has 0 bridgehead atoms. The molecule has 0 fully saturated rings. The van der Waals surface area contributed by atoms with Gasteiger partial charge < -0.3 is 5.11 Å². The predicted molar refractivity (Wildman–Crippen MR) is 96.3 cm³/mol. The van der Waals surface area contributed by atoms with Crippen molar-refractivity contribution in [3.63, 3.8) is 0 Å². The summed E-state index contributed by atoms with van der Waals surface area (Å²) in [5.74, 6) is -0.0562. The Labute approximate surface area is 138 Å². The molecule has 1 N–H and O–H groups in total. The third kappa shape index (κ3) is 15.6. The molecule has 0 radical (unpaired) electrons. The van der Waals surface area contributed by atoms with Crippen LogP contribution in [0.3, 0.4) is 0 Å². The van der Waals surface area contributed by atoms with Crippen molar-refractivity contribution in [2.45, 2.75) is 104 Å². The number of unbranched alkanes of at least 4 members (excludes halogenated alkanes) is 8. The van der Waals surface area contributed by atoms with Crippen molar-refractivity contribution in [2.24, 2.45) is 5.92 Å².